The Kier molecular flexibility index (Phi) is 4.44. The average Bonchev–Trinajstić information content (AvgIpc) is 2.37. The second kappa shape index (κ2) is 6.07. The van der Waals surface area contributed by atoms with Gasteiger partial charge in [-0.2, -0.15) is 0 Å². The van der Waals surface area contributed by atoms with Gasteiger partial charge in [0.1, 0.15) is 0 Å². The number of halogens is 1. The molecule has 1 aliphatic rings. The van der Waals surface area contributed by atoms with Crippen molar-refractivity contribution in [3.63, 3.8) is 0 Å². The van der Waals surface area contributed by atoms with Gasteiger partial charge >= 0.3 is 5.97 Å². The molecule has 0 atom stereocenters. The molecule has 1 saturated heterocycles. The van der Waals surface area contributed by atoms with Gasteiger partial charge in [0.25, 0.3) is 0 Å². The molecule has 0 saturated carbocycles. The second-order valence-electron chi connectivity index (χ2n) is 4.53. The fourth-order valence-corrected chi connectivity index (χ4v) is 2.28. The summed E-state index contributed by atoms with van der Waals surface area (Å²) in [6, 6.07) is 4.80. The van der Waals surface area contributed by atoms with Gasteiger partial charge in [-0.3, -0.25) is 0 Å². The third-order valence-electron chi connectivity index (χ3n) is 3.12. The average molecular weight is 269 g/mol. The van der Waals surface area contributed by atoms with Crippen LogP contribution in [-0.4, -0.2) is 25.7 Å². The van der Waals surface area contributed by atoms with Crippen molar-refractivity contribution in [2.24, 2.45) is 5.92 Å². The molecular weight excluding hydrogens is 252 g/mol. The topological polar surface area (TPSA) is 64.4 Å². The van der Waals surface area contributed by atoms with Gasteiger partial charge in [-0.1, -0.05) is 11.6 Å². The monoisotopic (exact) mass is 268 g/mol. The van der Waals surface area contributed by atoms with E-state index in [1.807, 2.05) is 0 Å². The van der Waals surface area contributed by atoms with Crippen LogP contribution < -0.4 is 11.1 Å². The molecule has 1 aliphatic heterocycles. The van der Waals surface area contributed by atoms with E-state index in [4.69, 9.17) is 22.1 Å². The molecule has 98 valence electrons. The van der Waals surface area contributed by atoms with Crippen molar-refractivity contribution in [1.29, 1.82) is 0 Å². The minimum atomic E-state index is -0.376. The Morgan fingerprint density at radius 2 is 2.17 bits per heavy atom. The van der Waals surface area contributed by atoms with Gasteiger partial charge in [0.05, 0.1) is 17.2 Å². The molecule has 0 amide bonds. The predicted molar refractivity (Wildman–Crippen MR) is 71.7 cm³/mol. The summed E-state index contributed by atoms with van der Waals surface area (Å²) in [5.74, 6) is 0.0706. The van der Waals surface area contributed by atoms with Crippen LogP contribution in [0.5, 0.6) is 0 Å². The molecule has 4 nitrogen and oxygen atoms in total. The van der Waals surface area contributed by atoms with E-state index in [2.05, 4.69) is 5.32 Å². The van der Waals surface area contributed by atoms with E-state index in [1.54, 1.807) is 18.2 Å². The summed E-state index contributed by atoms with van der Waals surface area (Å²) in [5.41, 5.74) is 6.49. The zero-order chi connectivity index (χ0) is 13.0. The van der Waals surface area contributed by atoms with Crippen LogP contribution >= 0.6 is 11.6 Å². The summed E-state index contributed by atoms with van der Waals surface area (Å²) in [7, 11) is 0. The maximum absolute atomic E-state index is 11.9. The highest BCUT2D eigenvalue weighted by Crippen LogP contribution is 2.21. The number of hydrogen-bond acceptors (Lipinski definition) is 4. The van der Waals surface area contributed by atoms with Crippen molar-refractivity contribution in [2.45, 2.75) is 12.8 Å². The van der Waals surface area contributed by atoms with Gasteiger partial charge in [0.15, 0.2) is 0 Å². The SMILES string of the molecule is Nc1ccc(C(=O)OCC2CCNCC2)c(Cl)c1. The number of benzene rings is 1. The molecule has 1 aromatic rings. The number of carbonyl (C=O) groups is 1. The van der Waals surface area contributed by atoms with Crippen molar-refractivity contribution in [3.05, 3.63) is 28.8 Å². The molecule has 0 radical (unpaired) electrons. The van der Waals surface area contributed by atoms with Gasteiger partial charge in [0, 0.05) is 5.69 Å². The van der Waals surface area contributed by atoms with Crippen LogP contribution in [0.1, 0.15) is 23.2 Å². The molecule has 0 aliphatic carbocycles. The highest BCUT2D eigenvalue weighted by molar-refractivity contribution is 6.33. The fourth-order valence-electron chi connectivity index (χ4n) is 2.02. The van der Waals surface area contributed by atoms with E-state index < -0.39 is 0 Å². The van der Waals surface area contributed by atoms with Crippen LogP contribution in [0.4, 0.5) is 5.69 Å². The first-order valence-corrected chi connectivity index (χ1v) is 6.47. The number of nitrogens with two attached hydrogens (primary N) is 1. The number of hydrogen-bond donors (Lipinski definition) is 2. The number of nitrogens with one attached hydrogen (secondary N) is 1. The van der Waals surface area contributed by atoms with Crippen LogP contribution in [0, 0.1) is 5.92 Å². The molecule has 0 unspecified atom stereocenters. The zero-order valence-electron chi connectivity index (χ0n) is 10.1. The summed E-state index contributed by atoms with van der Waals surface area (Å²) >= 11 is 5.96. The Hall–Kier alpha value is -1.26. The number of anilines is 1. The van der Waals surface area contributed by atoms with E-state index in [-0.39, 0.29) is 5.97 Å². The van der Waals surface area contributed by atoms with E-state index in [0.29, 0.717) is 28.8 Å². The summed E-state index contributed by atoms with van der Waals surface area (Å²) in [6.07, 6.45) is 2.09. The molecule has 0 bridgehead atoms. The number of esters is 1. The normalized spacial score (nSPS) is 16.5. The lowest BCUT2D eigenvalue weighted by molar-refractivity contribution is 0.0416. The highest BCUT2D eigenvalue weighted by Gasteiger charge is 2.17. The number of nitrogen functional groups attached to an aromatic ring is 1. The maximum atomic E-state index is 11.9. The highest BCUT2D eigenvalue weighted by atomic mass is 35.5. The van der Waals surface area contributed by atoms with E-state index in [9.17, 15) is 4.79 Å². The first-order valence-electron chi connectivity index (χ1n) is 6.09. The molecule has 3 N–H and O–H groups in total. The smallest absolute Gasteiger partial charge is 0.339 e. The van der Waals surface area contributed by atoms with Crippen LogP contribution in [-0.2, 0) is 4.74 Å². The molecule has 0 aromatic heterocycles. The van der Waals surface area contributed by atoms with Crippen LogP contribution in [0.2, 0.25) is 5.02 Å². The Morgan fingerprint density at radius 3 is 2.83 bits per heavy atom. The standard InChI is InChI=1S/C13H17ClN2O2/c14-12-7-10(15)1-2-11(12)13(17)18-8-9-3-5-16-6-4-9/h1-2,7,9,16H,3-6,8,15H2. The van der Waals surface area contributed by atoms with Crippen molar-refractivity contribution >= 4 is 23.3 Å². The number of piperidine rings is 1. The summed E-state index contributed by atoms with van der Waals surface area (Å²) in [5, 5.41) is 3.61. The maximum Gasteiger partial charge on any atom is 0.339 e. The fraction of sp³-hybridized carbons (Fsp3) is 0.462. The largest absolute Gasteiger partial charge is 0.462 e. The van der Waals surface area contributed by atoms with Gasteiger partial charge in [0.2, 0.25) is 0 Å². The van der Waals surface area contributed by atoms with Crippen molar-refractivity contribution < 1.29 is 9.53 Å². The minimum Gasteiger partial charge on any atom is -0.462 e. The van der Waals surface area contributed by atoms with Crippen molar-refractivity contribution in [1.82, 2.24) is 5.32 Å². The summed E-state index contributed by atoms with van der Waals surface area (Å²) in [6.45, 7) is 2.44. The third-order valence-corrected chi connectivity index (χ3v) is 3.43. The Morgan fingerprint density at radius 1 is 1.44 bits per heavy atom. The third kappa shape index (κ3) is 3.37. The first-order chi connectivity index (χ1) is 8.66. The first kappa shape index (κ1) is 13.2. The van der Waals surface area contributed by atoms with Gasteiger partial charge in [-0.25, -0.2) is 4.79 Å². The Bertz CT molecular complexity index is 431. The number of ether oxygens (including phenoxy) is 1. The predicted octanol–water partition coefficient (Wildman–Crippen LogP) is 2.08. The summed E-state index contributed by atoms with van der Waals surface area (Å²) in [4.78, 5) is 11.9. The minimum absolute atomic E-state index is 0.338. The number of carbonyl (C=O) groups excluding carboxylic acids is 1. The molecule has 1 heterocycles. The van der Waals surface area contributed by atoms with Crippen molar-refractivity contribution in [3.8, 4) is 0 Å². The molecule has 18 heavy (non-hydrogen) atoms. The van der Waals surface area contributed by atoms with Gasteiger partial charge in [-0.05, 0) is 50.0 Å². The van der Waals surface area contributed by atoms with Gasteiger partial charge < -0.3 is 15.8 Å². The lowest BCUT2D eigenvalue weighted by atomic mass is 9.99. The van der Waals surface area contributed by atoms with E-state index in [1.165, 1.54) is 0 Å². The lowest BCUT2D eigenvalue weighted by Gasteiger charge is -2.22. The quantitative estimate of drug-likeness (QED) is 0.651. The van der Waals surface area contributed by atoms with Crippen molar-refractivity contribution in [2.75, 3.05) is 25.4 Å². The second-order valence-corrected chi connectivity index (χ2v) is 4.94. The molecule has 0 spiro atoms. The molecule has 1 aromatic carbocycles. The Labute approximate surface area is 111 Å². The molecule has 2 rings (SSSR count). The summed E-state index contributed by atoms with van der Waals surface area (Å²) < 4.78 is 5.30. The zero-order valence-corrected chi connectivity index (χ0v) is 10.9. The molecule has 5 heteroatoms. The van der Waals surface area contributed by atoms with E-state index in [0.717, 1.165) is 25.9 Å². The van der Waals surface area contributed by atoms with Crippen LogP contribution in [0.3, 0.4) is 0 Å². The molecule has 1 fully saturated rings. The molecular formula is C13H17ClN2O2. The van der Waals surface area contributed by atoms with E-state index >= 15 is 0 Å². The van der Waals surface area contributed by atoms with Gasteiger partial charge in [-0.15, -0.1) is 0 Å². The van der Waals surface area contributed by atoms with Crippen LogP contribution in [0.25, 0.3) is 0 Å². The Balaban J connectivity index is 1.90. The number of rotatable bonds is 3. The van der Waals surface area contributed by atoms with Crippen LogP contribution in [0.15, 0.2) is 18.2 Å². The lowest BCUT2D eigenvalue weighted by Crippen LogP contribution is -2.30.